The van der Waals surface area contributed by atoms with Crippen molar-refractivity contribution in [3.05, 3.63) is 109 Å². The molecule has 4 aromatic carbocycles. The first-order valence-corrected chi connectivity index (χ1v) is 10.1. The molecule has 0 aliphatic rings. The van der Waals surface area contributed by atoms with Gasteiger partial charge in [-0.25, -0.2) is 0 Å². The average molecular weight is 353 g/mol. The zero-order valence-corrected chi connectivity index (χ0v) is 15.2. The van der Waals surface area contributed by atoms with Gasteiger partial charge in [0.05, 0.1) is 0 Å². The summed E-state index contributed by atoms with van der Waals surface area (Å²) in [5.74, 6) is 0. The number of nitrogens with zero attached hydrogens (tertiary/aromatic N) is 1. The number of rotatable bonds is 3. The van der Waals surface area contributed by atoms with Crippen LogP contribution in [-0.4, -0.2) is 3.97 Å². The van der Waals surface area contributed by atoms with Crippen molar-refractivity contribution in [2.24, 2.45) is 0 Å². The van der Waals surface area contributed by atoms with Crippen LogP contribution in [0.15, 0.2) is 119 Å². The van der Waals surface area contributed by atoms with Crippen LogP contribution in [0, 0.1) is 0 Å². The van der Waals surface area contributed by atoms with E-state index < -0.39 is 11.1 Å². The van der Waals surface area contributed by atoms with Gasteiger partial charge >= 0.3 is 0 Å². The van der Waals surface area contributed by atoms with Crippen molar-refractivity contribution in [1.29, 1.82) is 0 Å². The maximum Gasteiger partial charge on any atom is 0.0168 e. The van der Waals surface area contributed by atoms with Crippen LogP contribution in [0.25, 0.3) is 21.5 Å². The van der Waals surface area contributed by atoms with E-state index >= 15 is 0 Å². The first kappa shape index (κ1) is 15.3. The zero-order valence-electron chi connectivity index (χ0n) is 14.3. The predicted octanol–water partition coefficient (Wildman–Crippen LogP) is 6.68. The van der Waals surface area contributed by atoms with Crippen LogP contribution in [0.1, 0.15) is 0 Å². The molecule has 0 unspecified atom stereocenters. The molecule has 0 N–H and O–H groups in total. The number of thiol groups is 1. The Hall–Kier alpha value is -2.97. The Bertz CT molecular complexity index is 1100. The number of aromatic nitrogens is 1. The molecule has 0 radical (unpaired) electrons. The van der Waals surface area contributed by atoms with Crippen LogP contribution in [0.3, 0.4) is 0 Å². The highest BCUT2D eigenvalue weighted by molar-refractivity contribution is 8.16. The lowest BCUT2D eigenvalue weighted by molar-refractivity contribution is 1.23. The van der Waals surface area contributed by atoms with Crippen LogP contribution < -0.4 is 0 Å². The summed E-state index contributed by atoms with van der Waals surface area (Å²) in [5.41, 5.74) is 0. The highest BCUT2D eigenvalue weighted by Crippen LogP contribution is 2.50. The fraction of sp³-hybridized carbons (Fsp3) is 0. The Morgan fingerprint density at radius 1 is 0.462 bits per heavy atom. The molecule has 126 valence electrons. The molecule has 0 atom stereocenters. The molecule has 0 spiro atoms. The summed E-state index contributed by atoms with van der Waals surface area (Å²) in [6.45, 7) is 0. The molecule has 0 amide bonds. The van der Waals surface area contributed by atoms with Crippen LogP contribution in [-0.2, 0) is 0 Å². The van der Waals surface area contributed by atoms with Crippen LogP contribution in [0.2, 0.25) is 0 Å². The Morgan fingerprint density at radius 3 is 1.46 bits per heavy atom. The van der Waals surface area contributed by atoms with Crippen LogP contribution in [0.5, 0.6) is 0 Å². The smallest absolute Gasteiger partial charge is 0.0168 e. The maximum absolute atomic E-state index is 2.37. The van der Waals surface area contributed by atoms with Gasteiger partial charge in [-0.3, -0.25) is 0 Å². The summed E-state index contributed by atoms with van der Waals surface area (Å²) in [5, 5.41) is 5.26. The van der Waals surface area contributed by atoms with Gasteiger partial charge in [-0.2, -0.15) is 0 Å². The highest BCUT2D eigenvalue weighted by atomic mass is 32.2. The van der Waals surface area contributed by atoms with Gasteiger partial charge in [0.15, 0.2) is 0 Å². The van der Waals surface area contributed by atoms with Gasteiger partial charge in [0, 0.05) is 22.2 Å². The van der Waals surface area contributed by atoms with E-state index in [2.05, 4.69) is 113 Å². The summed E-state index contributed by atoms with van der Waals surface area (Å²) in [6, 6.07) is 35.0. The summed E-state index contributed by atoms with van der Waals surface area (Å²) >= 11 is -0.692. The Balaban J connectivity index is 1.85. The summed E-state index contributed by atoms with van der Waals surface area (Å²) < 4.78 is 2.37. The van der Waals surface area contributed by atoms with Crippen molar-refractivity contribution in [2.45, 2.75) is 9.79 Å². The lowest BCUT2D eigenvalue weighted by atomic mass is 10.1. The minimum Gasteiger partial charge on any atom is -0.312 e. The van der Waals surface area contributed by atoms with Gasteiger partial charge in [-0.1, -0.05) is 72.8 Å². The van der Waals surface area contributed by atoms with E-state index in [-0.39, 0.29) is 0 Å². The van der Waals surface area contributed by atoms with Gasteiger partial charge in [0.1, 0.15) is 0 Å². The van der Waals surface area contributed by atoms with E-state index in [9.17, 15) is 0 Å². The van der Waals surface area contributed by atoms with Gasteiger partial charge in [0.2, 0.25) is 0 Å². The van der Waals surface area contributed by atoms with Gasteiger partial charge in [0.25, 0.3) is 0 Å². The second-order valence-corrected chi connectivity index (χ2v) is 8.42. The molecule has 5 aromatic rings. The second kappa shape index (κ2) is 6.40. The quantitative estimate of drug-likeness (QED) is 0.345. The highest BCUT2D eigenvalue weighted by Gasteiger charge is 2.16. The standard InChI is InChI=1S/C24H19NS/c1-3-13-21-19(9-1)11-7-15-23(21)26(25-17-5-6-18-25)24-16-8-12-20-10-2-4-14-22(20)24/h1-18,26H. The van der Waals surface area contributed by atoms with Gasteiger partial charge in [-0.05, 0) is 45.8 Å². The molecule has 26 heavy (non-hydrogen) atoms. The molecule has 0 saturated heterocycles. The fourth-order valence-electron chi connectivity index (χ4n) is 3.62. The van der Waals surface area contributed by atoms with E-state index in [4.69, 9.17) is 0 Å². The Labute approximate surface area is 156 Å². The van der Waals surface area contributed by atoms with E-state index in [1.807, 2.05) is 0 Å². The number of benzene rings is 4. The SMILES string of the molecule is c1ccc2c([SH](c3cccc4ccccc34)n3cccc3)cccc2c1. The average Bonchev–Trinajstić information content (AvgIpc) is 3.23. The van der Waals surface area contributed by atoms with Crippen LogP contribution in [0.4, 0.5) is 0 Å². The van der Waals surface area contributed by atoms with Gasteiger partial charge < -0.3 is 3.97 Å². The van der Waals surface area contributed by atoms with Crippen LogP contribution >= 0.6 is 11.1 Å². The molecule has 1 aromatic heterocycles. The molecule has 5 rings (SSSR count). The van der Waals surface area contributed by atoms with E-state index in [1.54, 1.807) is 0 Å². The fourth-order valence-corrected chi connectivity index (χ4v) is 6.12. The first-order valence-electron chi connectivity index (χ1n) is 8.81. The second-order valence-electron chi connectivity index (χ2n) is 6.37. The monoisotopic (exact) mass is 353 g/mol. The molecule has 0 fully saturated rings. The third kappa shape index (κ3) is 2.51. The molecular formula is C24H19NS. The predicted molar refractivity (Wildman–Crippen MR) is 113 cm³/mol. The van der Waals surface area contributed by atoms with Crippen molar-refractivity contribution in [1.82, 2.24) is 3.97 Å². The van der Waals surface area contributed by atoms with Crippen molar-refractivity contribution in [3.63, 3.8) is 0 Å². The third-order valence-electron chi connectivity index (χ3n) is 4.81. The topological polar surface area (TPSA) is 4.93 Å². The van der Waals surface area contributed by atoms with Crippen molar-refractivity contribution in [2.75, 3.05) is 0 Å². The Kier molecular flexibility index (Phi) is 3.76. The molecule has 0 saturated carbocycles. The molecule has 0 bridgehead atoms. The number of hydrogen-bond donors (Lipinski definition) is 1. The van der Waals surface area contributed by atoms with Gasteiger partial charge in [-0.15, -0.1) is 11.1 Å². The molecule has 1 nitrogen and oxygen atoms in total. The molecular weight excluding hydrogens is 334 g/mol. The zero-order chi connectivity index (χ0) is 17.3. The lowest BCUT2D eigenvalue weighted by Crippen LogP contribution is -1.97. The molecule has 2 heteroatoms. The minimum absolute atomic E-state index is 0.692. The van der Waals surface area contributed by atoms with E-state index in [1.165, 1.54) is 31.3 Å². The normalized spacial score (nSPS) is 11.8. The minimum atomic E-state index is -0.692. The lowest BCUT2D eigenvalue weighted by Gasteiger charge is -2.27. The summed E-state index contributed by atoms with van der Waals surface area (Å²) in [4.78, 5) is 2.79. The molecule has 1 heterocycles. The Morgan fingerprint density at radius 2 is 0.923 bits per heavy atom. The largest absolute Gasteiger partial charge is 0.312 e. The van der Waals surface area contributed by atoms with Crippen molar-refractivity contribution < 1.29 is 0 Å². The summed E-state index contributed by atoms with van der Waals surface area (Å²) in [6.07, 6.45) is 4.38. The molecule has 0 aliphatic heterocycles. The van der Waals surface area contributed by atoms with Crippen molar-refractivity contribution >= 4 is 32.6 Å². The maximum atomic E-state index is 2.37. The van der Waals surface area contributed by atoms with E-state index in [0.717, 1.165) is 0 Å². The van der Waals surface area contributed by atoms with E-state index in [0.29, 0.717) is 0 Å². The van der Waals surface area contributed by atoms with Crippen molar-refractivity contribution in [3.8, 4) is 0 Å². The third-order valence-corrected chi connectivity index (χ3v) is 7.23. The summed E-state index contributed by atoms with van der Waals surface area (Å²) in [7, 11) is 0. The number of fused-ring (bicyclic) bond motifs is 2. The number of hydrogen-bond acceptors (Lipinski definition) is 0. The first-order chi connectivity index (χ1) is 12.9. The molecule has 0 aliphatic carbocycles.